The number of anilines is 1. The van der Waals surface area contributed by atoms with Crippen molar-refractivity contribution in [2.45, 2.75) is 39.0 Å². The van der Waals surface area contributed by atoms with Gasteiger partial charge in [-0.05, 0) is 42.0 Å². The van der Waals surface area contributed by atoms with Crippen LogP contribution in [-0.4, -0.2) is 23.2 Å². The van der Waals surface area contributed by atoms with Gasteiger partial charge in [-0.25, -0.2) is 4.79 Å². The number of nitrogens with zero attached hydrogens (tertiary/aromatic N) is 1. The second-order valence-electron chi connectivity index (χ2n) is 6.93. The van der Waals surface area contributed by atoms with Crippen LogP contribution < -0.4 is 5.32 Å². The standard InChI is InChI=1S/C21H26N2OS/c1-14(2)17-8-10-18(11-9-17)20-23(12-13-25-20)21(24)22-19-15(3)6-5-7-16(19)4/h5-11,14,20H,12-13H2,1-4H3,(H,22,24)/t20-/m1/s1. The van der Waals surface area contributed by atoms with Crippen molar-refractivity contribution in [3.63, 3.8) is 0 Å². The summed E-state index contributed by atoms with van der Waals surface area (Å²) in [7, 11) is 0. The molecular weight excluding hydrogens is 328 g/mol. The average molecular weight is 355 g/mol. The highest BCUT2D eigenvalue weighted by Crippen LogP contribution is 2.38. The fourth-order valence-corrected chi connectivity index (χ4v) is 4.45. The van der Waals surface area contributed by atoms with Gasteiger partial charge in [0.2, 0.25) is 0 Å². The number of amides is 2. The highest BCUT2D eigenvalue weighted by Gasteiger charge is 2.31. The Bertz CT molecular complexity index is 735. The number of aryl methyl sites for hydroxylation is 2. The largest absolute Gasteiger partial charge is 0.323 e. The highest BCUT2D eigenvalue weighted by atomic mass is 32.2. The Morgan fingerprint density at radius 2 is 1.76 bits per heavy atom. The summed E-state index contributed by atoms with van der Waals surface area (Å²) in [5.74, 6) is 1.49. The van der Waals surface area contributed by atoms with Gasteiger partial charge in [-0.1, -0.05) is 56.3 Å². The number of carbonyl (C=O) groups excluding carboxylic acids is 1. The molecule has 0 aliphatic carbocycles. The molecule has 1 atom stereocenters. The van der Waals surface area contributed by atoms with Gasteiger partial charge in [0.25, 0.3) is 0 Å². The van der Waals surface area contributed by atoms with Crippen LogP contribution in [0.2, 0.25) is 0 Å². The molecule has 0 aromatic heterocycles. The summed E-state index contributed by atoms with van der Waals surface area (Å²) in [6.45, 7) is 9.23. The third-order valence-electron chi connectivity index (χ3n) is 4.75. The van der Waals surface area contributed by atoms with Crippen molar-refractivity contribution in [1.29, 1.82) is 0 Å². The van der Waals surface area contributed by atoms with E-state index in [1.165, 1.54) is 11.1 Å². The summed E-state index contributed by atoms with van der Waals surface area (Å²) >= 11 is 1.83. The predicted molar refractivity (Wildman–Crippen MR) is 107 cm³/mol. The molecular formula is C21H26N2OS. The zero-order valence-corrected chi connectivity index (χ0v) is 16.2. The molecule has 132 valence electrons. The van der Waals surface area contributed by atoms with Crippen LogP contribution in [0, 0.1) is 13.8 Å². The van der Waals surface area contributed by atoms with Crippen LogP contribution in [-0.2, 0) is 0 Å². The summed E-state index contributed by atoms with van der Waals surface area (Å²) in [5.41, 5.74) is 5.65. The fourth-order valence-electron chi connectivity index (χ4n) is 3.19. The van der Waals surface area contributed by atoms with E-state index in [2.05, 4.69) is 43.4 Å². The molecule has 2 amide bonds. The van der Waals surface area contributed by atoms with E-state index in [-0.39, 0.29) is 11.4 Å². The van der Waals surface area contributed by atoms with Crippen molar-refractivity contribution in [1.82, 2.24) is 4.90 Å². The minimum absolute atomic E-state index is 0.0136. The fraction of sp³-hybridized carbons (Fsp3) is 0.381. The van der Waals surface area contributed by atoms with Crippen LogP contribution in [0.25, 0.3) is 0 Å². The van der Waals surface area contributed by atoms with Crippen molar-refractivity contribution >= 4 is 23.5 Å². The molecule has 1 heterocycles. The van der Waals surface area contributed by atoms with Gasteiger partial charge in [0.15, 0.2) is 0 Å². The van der Waals surface area contributed by atoms with E-state index >= 15 is 0 Å². The summed E-state index contributed by atoms with van der Waals surface area (Å²) < 4.78 is 0. The Hall–Kier alpha value is -1.94. The van der Waals surface area contributed by atoms with E-state index in [0.29, 0.717) is 5.92 Å². The summed E-state index contributed by atoms with van der Waals surface area (Å²) in [5, 5.41) is 3.21. The van der Waals surface area contributed by atoms with Crippen LogP contribution in [0.4, 0.5) is 10.5 Å². The van der Waals surface area contributed by atoms with Crippen molar-refractivity contribution in [2.24, 2.45) is 0 Å². The molecule has 0 radical (unpaired) electrons. The monoisotopic (exact) mass is 354 g/mol. The summed E-state index contributed by atoms with van der Waals surface area (Å²) in [6, 6.07) is 14.8. The Kier molecular flexibility index (Phi) is 5.38. The molecule has 4 heteroatoms. The molecule has 0 bridgehead atoms. The molecule has 2 aromatic rings. The number of urea groups is 1. The molecule has 0 spiro atoms. The summed E-state index contributed by atoms with van der Waals surface area (Å²) in [6.07, 6.45) is 0. The lowest BCUT2D eigenvalue weighted by molar-refractivity contribution is 0.214. The van der Waals surface area contributed by atoms with Crippen molar-refractivity contribution < 1.29 is 4.79 Å². The first-order valence-corrected chi connectivity index (χ1v) is 9.87. The zero-order chi connectivity index (χ0) is 18.0. The van der Waals surface area contributed by atoms with Gasteiger partial charge in [0.05, 0.1) is 0 Å². The van der Waals surface area contributed by atoms with E-state index in [0.717, 1.165) is 29.1 Å². The number of hydrogen-bond acceptors (Lipinski definition) is 2. The molecule has 1 aliphatic heterocycles. The molecule has 2 aromatic carbocycles. The van der Waals surface area contributed by atoms with Crippen LogP contribution in [0.15, 0.2) is 42.5 Å². The van der Waals surface area contributed by atoms with Crippen LogP contribution in [0.5, 0.6) is 0 Å². The minimum atomic E-state index is -0.0136. The average Bonchev–Trinajstić information content (AvgIpc) is 3.08. The predicted octanol–water partition coefficient (Wildman–Crippen LogP) is 5.71. The van der Waals surface area contributed by atoms with Crippen molar-refractivity contribution in [3.8, 4) is 0 Å². The van der Waals surface area contributed by atoms with Gasteiger partial charge in [-0.15, -0.1) is 11.8 Å². The number of hydrogen-bond donors (Lipinski definition) is 1. The molecule has 25 heavy (non-hydrogen) atoms. The summed E-state index contributed by atoms with van der Waals surface area (Å²) in [4.78, 5) is 14.8. The molecule has 1 aliphatic rings. The number of rotatable bonds is 3. The number of thioether (sulfide) groups is 1. The lowest BCUT2D eigenvalue weighted by Crippen LogP contribution is -2.34. The van der Waals surface area contributed by atoms with Crippen LogP contribution in [0.3, 0.4) is 0 Å². The van der Waals surface area contributed by atoms with Gasteiger partial charge in [0, 0.05) is 18.0 Å². The van der Waals surface area contributed by atoms with E-state index < -0.39 is 0 Å². The first-order valence-electron chi connectivity index (χ1n) is 8.82. The molecule has 3 nitrogen and oxygen atoms in total. The van der Waals surface area contributed by atoms with E-state index in [1.807, 2.05) is 48.7 Å². The Morgan fingerprint density at radius 1 is 1.12 bits per heavy atom. The number of nitrogens with one attached hydrogen (secondary N) is 1. The van der Waals surface area contributed by atoms with Gasteiger partial charge in [0.1, 0.15) is 5.37 Å². The smallest absolute Gasteiger partial charge is 0.308 e. The first kappa shape index (κ1) is 17.9. The molecule has 3 rings (SSSR count). The molecule has 0 saturated carbocycles. The van der Waals surface area contributed by atoms with Crippen molar-refractivity contribution in [2.75, 3.05) is 17.6 Å². The Balaban J connectivity index is 1.78. The Labute approximate surface area is 154 Å². The maximum atomic E-state index is 12.9. The second kappa shape index (κ2) is 7.52. The zero-order valence-electron chi connectivity index (χ0n) is 15.4. The van der Waals surface area contributed by atoms with Gasteiger partial charge in [-0.2, -0.15) is 0 Å². The van der Waals surface area contributed by atoms with Gasteiger partial charge in [-0.3, -0.25) is 0 Å². The minimum Gasteiger partial charge on any atom is -0.308 e. The quantitative estimate of drug-likeness (QED) is 0.766. The first-order chi connectivity index (χ1) is 12.0. The SMILES string of the molecule is Cc1cccc(C)c1NC(=O)N1CCS[C@@H]1c1ccc(C(C)C)cc1. The third kappa shape index (κ3) is 3.84. The van der Waals surface area contributed by atoms with Gasteiger partial charge >= 0.3 is 6.03 Å². The highest BCUT2D eigenvalue weighted by molar-refractivity contribution is 7.99. The normalized spacial score (nSPS) is 17.2. The molecule has 1 saturated heterocycles. The maximum absolute atomic E-state index is 12.9. The van der Waals surface area contributed by atoms with Crippen molar-refractivity contribution in [3.05, 3.63) is 64.7 Å². The molecule has 1 fully saturated rings. The number of carbonyl (C=O) groups is 1. The number of para-hydroxylation sites is 1. The molecule has 1 N–H and O–H groups in total. The van der Waals surface area contributed by atoms with E-state index in [1.54, 1.807) is 0 Å². The Morgan fingerprint density at radius 3 is 2.36 bits per heavy atom. The maximum Gasteiger partial charge on any atom is 0.323 e. The molecule has 0 unspecified atom stereocenters. The van der Waals surface area contributed by atoms with Gasteiger partial charge < -0.3 is 10.2 Å². The number of benzene rings is 2. The topological polar surface area (TPSA) is 32.3 Å². The van der Waals surface area contributed by atoms with Crippen LogP contribution >= 0.6 is 11.8 Å². The lowest BCUT2D eigenvalue weighted by atomic mass is 10.0. The lowest BCUT2D eigenvalue weighted by Gasteiger charge is -2.25. The second-order valence-corrected chi connectivity index (χ2v) is 8.12. The van der Waals surface area contributed by atoms with E-state index in [9.17, 15) is 4.79 Å². The third-order valence-corrected chi connectivity index (χ3v) is 6.01. The van der Waals surface area contributed by atoms with E-state index in [4.69, 9.17) is 0 Å². The van der Waals surface area contributed by atoms with Crippen LogP contribution in [0.1, 0.15) is 47.4 Å².